The van der Waals surface area contributed by atoms with Crippen molar-refractivity contribution in [1.82, 2.24) is 14.8 Å². The van der Waals surface area contributed by atoms with E-state index >= 15 is 0 Å². The molecule has 2 aromatic heterocycles. The van der Waals surface area contributed by atoms with Gasteiger partial charge in [0.2, 0.25) is 5.91 Å². The third-order valence-electron chi connectivity index (χ3n) is 2.42. The number of carbonyl (C=O) groups excluding carboxylic acids is 1. The Labute approximate surface area is 110 Å². The number of rotatable bonds is 4. The largest absolute Gasteiger partial charge is 0.323 e. The van der Waals surface area contributed by atoms with Crippen molar-refractivity contribution in [3.63, 3.8) is 0 Å². The third-order valence-corrected chi connectivity index (χ3v) is 3.24. The topological polar surface area (TPSA) is 59.8 Å². The zero-order valence-electron chi connectivity index (χ0n) is 10.7. The monoisotopic (exact) mass is 264 g/mol. The molecular weight excluding hydrogens is 248 g/mol. The molecule has 18 heavy (non-hydrogen) atoms. The van der Waals surface area contributed by atoms with Gasteiger partial charge in [-0.05, 0) is 20.8 Å². The first kappa shape index (κ1) is 12.8. The number of amides is 1. The average Bonchev–Trinajstić information content (AvgIpc) is 2.88. The minimum atomic E-state index is -0.0661. The number of aryl methyl sites for hydroxylation is 1. The van der Waals surface area contributed by atoms with Gasteiger partial charge in [0.1, 0.15) is 0 Å². The van der Waals surface area contributed by atoms with Crippen molar-refractivity contribution in [2.24, 2.45) is 0 Å². The van der Waals surface area contributed by atoms with Crippen LogP contribution in [0.1, 0.15) is 30.6 Å². The molecule has 0 saturated heterocycles. The van der Waals surface area contributed by atoms with Crippen molar-refractivity contribution in [1.29, 1.82) is 0 Å². The Morgan fingerprint density at radius 3 is 2.89 bits per heavy atom. The van der Waals surface area contributed by atoms with Crippen molar-refractivity contribution in [3.8, 4) is 0 Å². The standard InChI is InChI=1S/C12H16N4OS/c1-8(2)16-6-11(5-13-16)15-12(17)4-10-7-18-9(3)14-10/h5-8H,4H2,1-3H3,(H,15,17). The lowest BCUT2D eigenvalue weighted by molar-refractivity contribution is -0.115. The fraction of sp³-hybridized carbons (Fsp3) is 0.417. The van der Waals surface area contributed by atoms with Crippen LogP contribution in [0.3, 0.4) is 0 Å². The predicted molar refractivity (Wildman–Crippen MR) is 71.8 cm³/mol. The summed E-state index contributed by atoms with van der Waals surface area (Å²) in [5.41, 5.74) is 1.53. The molecule has 5 nitrogen and oxygen atoms in total. The Kier molecular flexibility index (Phi) is 3.76. The Morgan fingerprint density at radius 2 is 2.33 bits per heavy atom. The van der Waals surface area contributed by atoms with Crippen LogP contribution in [-0.2, 0) is 11.2 Å². The maximum Gasteiger partial charge on any atom is 0.230 e. The molecule has 0 radical (unpaired) electrons. The van der Waals surface area contributed by atoms with E-state index in [1.165, 1.54) is 0 Å². The van der Waals surface area contributed by atoms with Gasteiger partial charge in [0.05, 0.1) is 29.0 Å². The van der Waals surface area contributed by atoms with Gasteiger partial charge in [0.15, 0.2) is 0 Å². The lowest BCUT2D eigenvalue weighted by Crippen LogP contribution is -2.14. The SMILES string of the molecule is Cc1nc(CC(=O)Nc2cnn(C(C)C)c2)cs1. The number of nitrogens with zero attached hydrogens (tertiary/aromatic N) is 3. The summed E-state index contributed by atoms with van der Waals surface area (Å²) in [7, 11) is 0. The van der Waals surface area contributed by atoms with E-state index in [4.69, 9.17) is 0 Å². The van der Waals surface area contributed by atoms with Gasteiger partial charge < -0.3 is 5.32 Å². The van der Waals surface area contributed by atoms with Crippen LogP contribution in [0.2, 0.25) is 0 Å². The number of thiazole rings is 1. The molecule has 1 amide bonds. The normalized spacial score (nSPS) is 10.9. The maximum atomic E-state index is 11.8. The molecular formula is C12H16N4OS. The van der Waals surface area contributed by atoms with Gasteiger partial charge in [-0.15, -0.1) is 11.3 Å². The number of nitrogens with one attached hydrogen (secondary N) is 1. The minimum absolute atomic E-state index is 0.0661. The summed E-state index contributed by atoms with van der Waals surface area (Å²) in [6, 6.07) is 0.289. The van der Waals surface area contributed by atoms with Crippen molar-refractivity contribution >= 4 is 22.9 Å². The van der Waals surface area contributed by atoms with E-state index < -0.39 is 0 Å². The van der Waals surface area contributed by atoms with Crippen molar-refractivity contribution in [2.45, 2.75) is 33.2 Å². The Balaban J connectivity index is 1.94. The summed E-state index contributed by atoms with van der Waals surface area (Å²) in [5, 5.41) is 9.87. The number of hydrogen-bond acceptors (Lipinski definition) is 4. The first-order chi connectivity index (χ1) is 8.54. The fourth-order valence-corrected chi connectivity index (χ4v) is 2.16. The fourth-order valence-electron chi connectivity index (χ4n) is 1.54. The first-order valence-corrected chi connectivity index (χ1v) is 6.67. The summed E-state index contributed by atoms with van der Waals surface area (Å²) < 4.78 is 1.81. The molecule has 96 valence electrons. The van der Waals surface area contributed by atoms with Crippen LogP contribution in [0, 0.1) is 6.92 Å². The predicted octanol–water partition coefficient (Wildman–Crippen LogP) is 2.41. The van der Waals surface area contributed by atoms with Gasteiger partial charge in [0, 0.05) is 17.6 Å². The van der Waals surface area contributed by atoms with Gasteiger partial charge in [-0.25, -0.2) is 4.98 Å². The second-order valence-electron chi connectivity index (χ2n) is 4.39. The lowest BCUT2D eigenvalue weighted by atomic mass is 10.3. The molecule has 0 spiro atoms. The van der Waals surface area contributed by atoms with E-state index in [9.17, 15) is 4.79 Å². The summed E-state index contributed by atoms with van der Waals surface area (Å²) >= 11 is 1.55. The van der Waals surface area contributed by atoms with Crippen molar-refractivity contribution in [3.05, 3.63) is 28.5 Å². The molecule has 2 rings (SSSR count). The molecule has 0 unspecified atom stereocenters. The molecule has 2 aromatic rings. The molecule has 0 fully saturated rings. The van der Waals surface area contributed by atoms with Crippen LogP contribution in [0.25, 0.3) is 0 Å². The maximum absolute atomic E-state index is 11.8. The number of aromatic nitrogens is 3. The number of anilines is 1. The zero-order chi connectivity index (χ0) is 13.1. The highest BCUT2D eigenvalue weighted by atomic mass is 32.1. The van der Waals surface area contributed by atoms with E-state index in [1.54, 1.807) is 17.5 Å². The highest BCUT2D eigenvalue weighted by molar-refractivity contribution is 7.09. The van der Waals surface area contributed by atoms with E-state index in [1.807, 2.05) is 37.0 Å². The molecule has 0 saturated carbocycles. The van der Waals surface area contributed by atoms with Gasteiger partial charge in [-0.1, -0.05) is 0 Å². The molecule has 0 bridgehead atoms. The Morgan fingerprint density at radius 1 is 1.56 bits per heavy atom. The van der Waals surface area contributed by atoms with E-state index in [2.05, 4.69) is 15.4 Å². The quantitative estimate of drug-likeness (QED) is 0.922. The number of hydrogen-bond donors (Lipinski definition) is 1. The van der Waals surface area contributed by atoms with Crippen molar-refractivity contribution < 1.29 is 4.79 Å². The summed E-state index contributed by atoms with van der Waals surface area (Å²) in [6.07, 6.45) is 3.79. The highest BCUT2D eigenvalue weighted by Crippen LogP contribution is 2.12. The Hall–Kier alpha value is -1.69. The van der Waals surface area contributed by atoms with Gasteiger partial charge in [0.25, 0.3) is 0 Å². The van der Waals surface area contributed by atoms with Crippen LogP contribution in [0.5, 0.6) is 0 Å². The van der Waals surface area contributed by atoms with E-state index in [-0.39, 0.29) is 11.9 Å². The highest BCUT2D eigenvalue weighted by Gasteiger charge is 2.08. The first-order valence-electron chi connectivity index (χ1n) is 5.79. The third kappa shape index (κ3) is 3.16. The van der Waals surface area contributed by atoms with Crippen molar-refractivity contribution in [2.75, 3.05) is 5.32 Å². The summed E-state index contributed by atoms with van der Waals surface area (Å²) in [4.78, 5) is 16.0. The Bertz CT molecular complexity index is 544. The van der Waals surface area contributed by atoms with Crippen LogP contribution in [0.15, 0.2) is 17.8 Å². The second-order valence-corrected chi connectivity index (χ2v) is 5.45. The van der Waals surface area contributed by atoms with Crippen LogP contribution in [-0.4, -0.2) is 20.7 Å². The summed E-state index contributed by atoms with van der Waals surface area (Å²) in [6.45, 7) is 6.01. The molecule has 0 aliphatic heterocycles. The number of carbonyl (C=O) groups is 1. The van der Waals surface area contributed by atoms with Gasteiger partial charge in [-0.2, -0.15) is 5.10 Å². The van der Waals surface area contributed by atoms with E-state index in [0.717, 1.165) is 16.4 Å². The van der Waals surface area contributed by atoms with Crippen LogP contribution < -0.4 is 5.32 Å². The van der Waals surface area contributed by atoms with Gasteiger partial charge >= 0.3 is 0 Å². The molecule has 0 aliphatic carbocycles. The van der Waals surface area contributed by atoms with Gasteiger partial charge in [-0.3, -0.25) is 9.48 Å². The van der Waals surface area contributed by atoms with Crippen LogP contribution in [0.4, 0.5) is 5.69 Å². The molecule has 0 aliphatic rings. The summed E-state index contributed by atoms with van der Waals surface area (Å²) in [5.74, 6) is -0.0661. The second kappa shape index (κ2) is 5.30. The van der Waals surface area contributed by atoms with E-state index in [0.29, 0.717) is 6.42 Å². The van der Waals surface area contributed by atoms with Crippen LogP contribution >= 0.6 is 11.3 Å². The minimum Gasteiger partial charge on any atom is -0.323 e. The molecule has 6 heteroatoms. The molecule has 0 atom stereocenters. The zero-order valence-corrected chi connectivity index (χ0v) is 11.5. The molecule has 1 N–H and O–H groups in total. The smallest absolute Gasteiger partial charge is 0.230 e. The molecule has 0 aromatic carbocycles. The lowest BCUT2D eigenvalue weighted by Gasteiger charge is -2.03. The average molecular weight is 264 g/mol. The molecule has 2 heterocycles.